The Labute approximate surface area is 249 Å². The summed E-state index contributed by atoms with van der Waals surface area (Å²) in [5, 5.41) is 2.40. The molecule has 2 aliphatic heterocycles. The van der Waals surface area contributed by atoms with Crippen molar-refractivity contribution in [1.82, 2.24) is 14.8 Å². The molecule has 0 bridgehead atoms. The Morgan fingerprint density at radius 3 is 2.33 bits per heavy atom. The number of amides is 1. The van der Waals surface area contributed by atoms with Crippen LogP contribution in [-0.2, 0) is 11.0 Å². The van der Waals surface area contributed by atoms with E-state index in [2.05, 4.69) is 37.6 Å². The number of nitrogens with zero attached hydrogens (tertiary/aromatic N) is 5. The first-order valence-corrected chi connectivity index (χ1v) is 13.9. The maximum atomic E-state index is 12.9. The average Bonchev–Trinajstić information content (AvgIpc) is 3.86. The Morgan fingerprint density at radius 2 is 1.77 bits per heavy atom. The molecule has 0 atom stereocenters. The summed E-state index contributed by atoms with van der Waals surface area (Å²) in [4.78, 5) is 38.7. The highest BCUT2D eigenvalue weighted by atomic mass is 19.4. The van der Waals surface area contributed by atoms with E-state index in [1.807, 2.05) is 11.1 Å². The topological polar surface area (TPSA) is 142 Å². The number of nitrogens with one attached hydrogen (secondary N) is 1. The molecule has 2 fully saturated rings. The number of benzene rings is 1. The highest BCUT2D eigenvalue weighted by molar-refractivity contribution is 6.06. The van der Waals surface area contributed by atoms with Gasteiger partial charge < -0.3 is 26.5 Å². The monoisotopic (exact) mass is 598 g/mol. The van der Waals surface area contributed by atoms with Gasteiger partial charge in [-0.25, -0.2) is 9.98 Å². The van der Waals surface area contributed by atoms with E-state index in [0.29, 0.717) is 35.4 Å². The quantitative estimate of drug-likeness (QED) is 0.315. The zero-order valence-electron chi connectivity index (χ0n) is 24.1. The molecule has 1 aromatic carbocycles. The van der Waals surface area contributed by atoms with Gasteiger partial charge in [0.1, 0.15) is 23.6 Å². The van der Waals surface area contributed by atoms with E-state index >= 15 is 0 Å². The largest absolute Gasteiger partial charge is 0.416 e. The first kappa shape index (κ1) is 33.1. The number of aliphatic imine (C=N–C) groups is 2. The first-order valence-electron chi connectivity index (χ1n) is 13.9. The minimum Gasteiger partial charge on any atom is -0.382 e. The highest BCUT2D eigenvalue weighted by Gasteiger charge is 2.31. The summed E-state index contributed by atoms with van der Waals surface area (Å²) in [7, 11) is 1.50. The van der Waals surface area contributed by atoms with Crippen molar-refractivity contribution in [3.63, 3.8) is 0 Å². The Bertz CT molecular complexity index is 1350. The number of rotatable bonds is 7. The molecule has 13 heteroatoms. The summed E-state index contributed by atoms with van der Waals surface area (Å²) in [6.45, 7) is 6.33. The van der Waals surface area contributed by atoms with Crippen molar-refractivity contribution in [2.45, 2.75) is 38.3 Å². The van der Waals surface area contributed by atoms with Crippen molar-refractivity contribution < 1.29 is 22.8 Å². The van der Waals surface area contributed by atoms with Crippen LogP contribution in [0.25, 0.3) is 5.70 Å². The molecular formula is C30H37F3N8O2. The molecule has 2 aromatic rings. The van der Waals surface area contributed by atoms with Crippen molar-refractivity contribution in [3.8, 4) is 0 Å². The van der Waals surface area contributed by atoms with Crippen molar-refractivity contribution in [2.75, 3.05) is 32.1 Å². The lowest BCUT2D eigenvalue weighted by Gasteiger charge is -2.34. The van der Waals surface area contributed by atoms with Gasteiger partial charge in [0.05, 0.1) is 17.9 Å². The molecule has 230 valence electrons. The molecule has 0 unspecified atom stereocenters. The number of carbonyl (C=O) groups excluding carboxylic acids is 2. The lowest BCUT2D eigenvalue weighted by Crippen LogP contribution is -2.41. The van der Waals surface area contributed by atoms with Crippen molar-refractivity contribution in [1.29, 1.82) is 0 Å². The SMILES string of the molecule is C=N/C(=C1/C(N)=NC=CN1CN1CCCCC1)c1ccc(C(=O)Nc2cc(C(F)(F)F)ccn2)cc1.CN.O=CC1CC1. The Morgan fingerprint density at radius 1 is 1.12 bits per heavy atom. The van der Waals surface area contributed by atoms with Crippen molar-refractivity contribution in [3.05, 3.63) is 77.4 Å². The van der Waals surface area contributed by atoms with Gasteiger partial charge in [-0.3, -0.25) is 14.7 Å². The molecule has 1 aliphatic carbocycles. The van der Waals surface area contributed by atoms with E-state index in [9.17, 15) is 22.8 Å². The van der Waals surface area contributed by atoms with Gasteiger partial charge in [-0.15, -0.1) is 0 Å². The van der Waals surface area contributed by atoms with E-state index < -0.39 is 17.6 Å². The van der Waals surface area contributed by atoms with Crippen LogP contribution in [0.1, 0.15) is 53.6 Å². The molecular weight excluding hydrogens is 561 g/mol. The maximum absolute atomic E-state index is 12.9. The van der Waals surface area contributed by atoms with Gasteiger partial charge in [0, 0.05) is 35.6 Å². The van der Waals surface area contributed by atoms with E-state index in [1.54, 1.807) is 30.5 Å². The molecule has 1 amide bonds. The van der Waals surface area contributed by atoms with Gasteiger partial charge in [-0.05, 0) is 76.8 Å². The number of nitrogens with two attached hydrogens (primary N) is 2. The lowest BCUT2D eigenvalue weighted by molar-refractivity contribution is -0.137. The number of piperidine rings is 1. The van der Waals surface area contributed by atoms with E-state index in [0.717, 1.165) is 63.4 Å². The van der Waals surface area contributed by atoms with Gasteiger partial charge in [-0.2, -0.15) is 13.2 Å². The van der Waals surface area contributed by atoms with Crippen LogP contribution in [0, 0.1) is 5.92 Å². The minimum absolute atomic E-state index is 0.194. The second-order valence-corrected chi connectivity index (χ2v) is 9.89. The number of anilines is 1. The number of likely N-dealkylation sites (tertiary alicyclic amines) is 1. The smallest absolute Gasteiger partial charge is 0.382 e. The average molecular weight is 599 g/mol. The molecule has 3 aliphatic rings. The van der Waals surface area contributed by atoms with Gasteiger partial charge in [0.15, 0.2) is 0 Å². The molecule has 5 rings (SSSR count). The molecule has 5 N–H and O–H groups in total. The second-order valence-electron chi connectivity index (χ2n) is 9.89. The molecule has 43 heavy (non-hydrogen) atoms. The fourth-order valence-electron chi connectivity index (χ4n) is 4.35. The molecule has 10 nitrogen and oxygen atoms in total. The summed E-state index contributed by atoms with van der Waals surface area (Å²) >= 11 is 0. The van der Waals surface area contributed by atoms with Crippen LogP contribution in [0.15, 0.2) is 70.7 Å². The third-order valence-corrected chi connectivity index (χ3v) is 6.74. The third-order valence-electron chi connectivity index (χ3n) is 6.74. The van der Waals surface area contributed by atoms with E-state index in [1.165, 1.54) is 13.5 Å². The number of amidine groups is 1. The fourth-order valence-corrected chi connectivity index (χ4v) is 4.35. The van der Waals surface area contributed by atoms with Gasteiger partial charge in [0.25, 0.3) is 5.91 Å². The van der Waals surface area contributed by atoms with E-state index in [-0.39, 0.29) is 11.4 Å². The van der Waals surface area contributed by atoms with Crippen LogP contribution >= 0.6 is 0 Å². The lowest BCUT2D eigenvalue weighted by atomic mass is 10.1. The van der Waals surface area contributed by atoms with Gasteiger partial charge >= 0.3 is 6.18 Å². The predicted molar refractivity (Wildman–Crippen MR) is 162 cm³/mol. The molecule has 1 saturated carbocycles. The molecule has 3 heterocycles. The Kier molecular flexibility index (Phi) is 12.1. The number of halogens is 3. The Balaban J connectivity index is 0.000000644. The van der Waals surface area contributed by atoms with Crippen LogP contribution < -0.4 is 16.8 Å². The molecule has 0 radical (unpaired) electrons. The van der Waals surface area contributed by atoms with Crippen LogP contribution in [-0.4, -0.2) is 66.3 Å². The molecule has 1 aromatic heterocycles. The fraction of sp³-hybridized carbons (Fsp3) is 0.367. The van der Waals surface area contributed by atoms with Crippen molar-refractivity contribution in [2.24, 2.45) is 27.4 Å². The van der Waals surface area contributed by atoms with Crippen LogP contribution in [0.5, 0.6) is 0 Å². The number of aromatic nitrogens is 1. The van der Waals surface area contributed by atoms with Crippen LogP contribution in [0.4, 0.5) is 19.0 Å². The summed E-state index contributed by atoms with van der Waals surface area (Å²) in [5.41, 5.74) is 11.9. The zero-order chi connectivity index (χ0) is 31.4. The standard InChI is InChI=1S/C25H26F3N7O.C4H6O.CH5N/c1-30-21(22-23(29)32-11-14-35(22)16-34-12-3-2-4-13-34)17-5-7-18(8-6-17)24(36)33-20-15-19(9-10-31-20)25(26,27)28;5-3-4-1-2-4;1-2/h5-11,14-15H,1-4,12-13,16H2,(H2,29,32)(H,31,33,36);3-4H,1-2H2;2H2,1H3/b22-21-;;. The minimum atomic E-state index is -4.53. The van der Waals surface area contributed by atoms with Gasteiger partial charge in [-0.1, -0.05) is 18.6 Å². The number of carbonyl (C=O) groups is 2. The summed E-state index contributed by atoms with van der Waals surface area (Å²) < 4.78 is 38.8. The summed E-state index contributed by atoms with van der Waals surface area (Å²) in [6, 6.07) is 8.07. The number of alkyl halides is 3. The normalized spacial score (nSPS) is 17.8. The predicted octanol–water partition coefficient (Wildman–Crippen LogP) is 4.48. The van der Waals surface area contributed by atoms with Gasteiger partial charge in [0.2, 0.25) is 0 Å². The number of aldehydes is 1. The molecule has 0 spiro atoms. The first-order chi connectivity index (χ1) is 20.7. The molecule has 1 saturated heterocycles. The zero-order valence-corrected chi connectivity index (χ0v) is 24.1. The number of pyridine rings is 1. The van der Waals surface area contributed by atoms with E-state index in [4.69, 9.17) is 5.73 Å². The summed E-state index contributed by atoms with van der Waals surface area (Å²) in [5.74, 6) is -0.0345. The highest BCUT2D eigenvalue weighted by Crippen LogP contribution is 2.30. The number of hydrogen-bond acceptors (Lipinski definition) is 9. The Hall–Kier alpha value is -4.36. The second kappa shape index (κ2) is 15.8. The number of hydrogen-bond donors (Lipinski definition) is 3. The summed E-state index contributed by atoms with van der Waals surface area (Å²) in [6.07, 6.45) is 6.77. The third kappa shape index (κ3) is 9.58. The maximum Gasteiger partial charge on any atom is 0.416 e. The van der Waals surface area contributed by atoms with Crippen molar-refractivity contribution >= 4 is 36.3 Å². The van der Waals surface area contributed by atoms with Crippen LogP contribution in [0.3, 0.4) is 0 Å². The van der Waals surface area contributed by atoms with Crippen LogP contribution in [0.2, 0.25) is 0 Å².